The summed E-state index contributed by atoms with van der Waals surface area (Å²) in [7, 11) is 2.09. The van der Waals surface area contributed by atoms with Crippen molar-refractivity contribution in [2.75, 3.05) is 25.0 Å². The molecule has 0 saturated carbocycles. The predicted octanol–water partition coefficient (Wildman–Crippen LogP) is 2.78. The SMILES string of the molecule is CC1CN(c2ccc(Cl)cc2[N+](=O)[O-])CC(C)N1C. The molecular formula is C13H18ClN3O2. The fourth-order valence-corrected chi connectivity index (χ4v) is 2.68. The Kier molecular flexibility index (Phi) is 3.96. The third kappa shape index (κ3) is 2.82. The molecule has 1 saturated heterocycles. The molecule has 0 radical (unpaired) electrons. The summed E-state index contributed by atoms with van der Waals surface area (Å²) in [5.41, 5.74) is 0.734. The second-order valence-electron chi connectivity index (χ2n) is 5.16. The third-order valence-corrected chi connectivity index (χ3v) is 4.07. The van der Waals surface area contributed by atoms with Crippen molar-refractivity contribution in [2.24, 2.45) is 0 Å². The average Bonchev–Trinajstić information content (AvgIpc) is 2.35. The maximum atomic E-state index is 11.2. The average molecular weight is 284 g/mol. The van der Waals surface area contributed by atoms with Crippen molar-refractivity contribution < 1.29 is 4.92 Å². The van der Waals surface area contributed by atoms with E-state index in [0.717, 1.165) is 13.1 Å². The summed E-state index contributed by atoms with van der Waals surface area (Å²) < 4.78 is 0. The molecule has 104 valence electrons. The van der Waals surface area contributed by atoms with Gasteiger partial charge in [0.15, 0.2) is 0 Å². The largest absolute Gasteiger partial charge is 0.363 e. The first kappa shape index (κ1) is 14.1. The molecule has 0 spiro atoms. The monoisotopic (exact) mass is 283 g/mol. The van der Waals surface area contributed by atoms with E-state index >= 15 is 0 Å². The smallest absolute Gasteiger partial charge is 0.294 e. The lowest BCUT2D eigenvalue weighted by molar-refractivity contribution is -0.384. The molecule has 2 unspecified atom stereocenters. The fraction of sp³-hybridized carbons (Fsp3) is 0.538. The van der Waals surface area contributed by atoms with E-state index in [2.05, 4.69) is 30.7 Å². The maximum Gasteiger partial charge on any atom is 0.294 e. The van der Waals surface area contributed by atoms with Gasteiger partial charge in [-0.1, -0.05) is 11.6 Å². The molecule has 5 nitrogen and oxygen atoms in total. The second-order valence-corrected chi connectivity index (χ2v) is 5.60. The van der Waals surface area contributed by atoms with Crippen LogP contribution in [0.1, 0.15) is 13.8 Å². The number of piperazine rings is 1. The molecule has 0 aliphatic carbocycles. The molecule has 1 aliphatic rings. The first-order valence-corrected chi connectivity index (χ1v) is 6.68. The van der Waals surface area contributed by atoms with Gasteiger partial charge in [-0.3, -0.25) is 15.0 Å². The highest BCUT2D eigenvalue weighted by Gasteiger charge is 2.30. The Morgan fingerprint density at radius 2 is 1.89 bits per heavy atom. The van der Waals surface area contributed by atoms with E-state index in [1.54, 1.807) is 12.1 Å². The van der Waals surface area contributed by atoms with Gasteiger partial charge in [0.05, 0.1) is 4.92 Å². The number of benzene rings is 1. The number of halogens is 1. The standard InChI is InChI=1S/C13H18ClN3O2/c1-9-7-16(8-10(2)15(9)3)12-5-4-11(14)6-13(12)17(18)19/h4-6,9-10H,7-8H2,1-3H3. The van der Waals surface area contributed by atoms with E-state index in [0.29, 0.717) is 22.8 Å². The van der Waals surface area contributed by atoms with Crippen LogP contribution in [0.5, 0.6) is 0 Å². The minimum atomic E-state index is -0.366. The highest BCUT2D eigenvalue weighted by atomic mass is 35.5. The molecule has 6 heteroatoms. The predicted molar refractivity (Wildman–Crippen MR) is 77.0 cm³/mol. The summed E-state index contributed by atoms with van der Waals surface area (Å²) in [5.74, 6) is 0. The molecular weight excluding hydrogens is 266 g/mol. The third-order valence-electron chi connectivity index (χ3n) is 3.83. The Labute approximate surface area is 117 Å². The molecule has 2 rings (SSSR count). The van der Waals surface area contributed by atoms with Crippen LogP contribution in [0.25, 0.3) is 0 Å². The normalized spacial score (nSPS) is 24.5. The highest BCUT2D eigenvalue weighted by Crippen LogP contribution is 2.33. The quantitative estimate of drug-likeness (QED) is 0.619. The molecule has 1 aromatic carbocycles. The molecule has 0 N–H and O–H groups in total. The van der Waals surface area contributed by atoms with Crippen molar-refractivity contribution in [1.82, 2.24) is 4.90 Å². The molecule has 2 atom stereocenters. The van der Waals surface area contributed by atoms with Gasteiger partial charge in [-0.25, -0.2) is 0 Å². The van der Waals surface area contributed by atoms with Crippen LogP contribution in [0, 0.1) is 10.1 Å². The molecule has 0 aromatic heterocycles. The van der Waals surface area contributed by atoms with Crippen molar-refractivity contribution in [3.05, 3.63) is 33.3 Å². The highest BCUT2D eigenvalue weighted by molar-refractivity contribution is 6.30. The van der Waals surface area contributed by atoms with Crippen LogP contribution < -0.4 is 4.90 Å². The second kappa shape index (κ2) is 5.35. The van der Waals surface area contributed by atoms with E-state index < -0.39 is 0 Å². The van der Waals surface area contributed by atoms with E-state index in [1.807, 2.05) is 0 Å². The lowest BCUT2D eigenvalue weighted by Crippen LogP contribution is -2.55. The molecule has 0 bridgehead atoms. The van der Waals surface area contributed by atoms with Gasteiger partial charge in [-0.15, -0.1) is 0 Å². The van der Waals surface area contributed by atoms with Gasteiger partial charge in [0.25, 0.3) is 5.69 Å². The van der Waals surface area contributed by atoms with Crippen molar-refractivity contribution in [1.29, 1.82) is 0 Å². The number of likely N-dealkylation sites (N-methyl/N-ethyl adjacent to an activating group) is 1. The molecule has 1 aromatic rings. The Hall–Kier alpha value is -1.33. The van der Waals surface area contributed by atoms with E-state index in [1.165, 1.54) is 6.07 Å². The molecule has 0 amide bonds. The van der Waals surface area contributed by atoms with Gasteiger partial charge >= 0.3 is 0 Å². The minimum absolute atomic E-state index is 0.0800. The molecule has 1 heterocycles. The number of rotatable bonds is 2. The van der Waals surface area contributed by atoms with Gasteiger partial charge < -0.3 is 4.90 Å². The van der Waals surface area contributed by atoms with Gasteiger partial charge in [0.2, 0.25) is 0 Å². The van der Waals surface area contributed by atoms with Crippen molar-refractivity contribution in [3.8, 4) is 0 Å². The fourth-order valence-electron chi connectivity index (χ4n) is 2.51. The Morgan fingerprint density at radius 3 is 2.42 bits per heavy atom. The maximum absolute atomic E-state index is 11.2. The first-order chi connectivity index (χ1) is 8.90. The lowest BCUT2D eigenvalue weighted by atomic mass is 10.1. The van der Waals surface area contributed by atoms with Crippen LogP contribution in [0.4, 0.5) is 11.4 Å². The van der Waals surface area contributed by atoms with Gasteiger partial charge in [0, 0.05) is 36.3 Å². The number of anilines is 1. The zero-order valence-corrected chi connectivity index (χ0v) is 12.1. The Bertz CT molecular complexity index is 483. The van der Waals surface area contributed by atoms with Crippen LogP contribution in [0.3, 0.4) is 0 Å². The topological polar surface area (TPSA) is 49.6 Å². The van der Waals surface area contributed by atoms with Crippen LogP contribution >= 0.6 is 11.6 Å². The van der Waals surface area contributed by atoms with E-state index in [-0.39, 0.29) is 10.6 Å². The van der Waals surface area contributed by atoms with Gasteiger partial charge in [-0.2, -0.15) is 0 Å². The molecule has 1 aliphatic heterocycles. The summed E-state index contributed by atoms with van der Waals surface area (Å²) >= 11 is 5.85. The number of nitro benzene ring substituents is 1. The summed E-state index contributed by atoms with van der Waals surface area (Å²) in [5, 5.41) is 11.5. The van der Waals surface area contributed by atoms with Crippen LogP contribution in [-0.4, -0.2) is 42.0 Å². The lowest BCUT2D eigenvalue weighted by Gasteiger charge is -2.43. The summed E-state index contributed by atoms with van der Waals surface area (Å²) in [6.07, 6.45) is 0. The number of hydrogen-bond donors (Lipinski definition) is 0. The van der Waals surface area contributed by atoms with Crippen LogP contribution in [0.2, 0.25) is 5.02 Å². The van der Waals surface area contributed by atoms with E-state index in [9.17, 15) is 10.1 Å². The Balaban J connectivity index is 2.34. The van der Waals surface area contributed by atoms with Crippen LogP contribution in [-0.2, 0) is 0 Å². The van der Waals surface area contributed by atoms with Crippen LogP contribution in [0.15, 0.2) is 18.2 Å². The zero-order valence-electron chi connectivity index (χ0n) is 11.3. The first-order valence-electron chi connectivity index (χ1n) is 6.31. The zero-order chi connectivity index (χ0) is 14.2. The van der Waals surface area contributed by atoms with Crippen molar-refractivity contribution in [3.63, 3.8) is 0 Å². The minimum Gasteiger partial charge on any atom is -0.363 e. The van der Waals surface area contributed by atoms with E-state index in [4.69, 9.17) is 11.6 Å². The summed E-state index contributed by atoms with van der Waals surface area (Å²) in [4.78, 5) is 15.2. The van der Waals surface area contributed by atoms with Gasteiger partial charge in [0.1, 0.15) is 5.69 Å². The number of nitrogens with zero attached hydrogens (tertiary/aromatic N) is 3. The number of hydrogen-bond acceptors (Lipinski definition) is 4. The summed E-state index contributed by atoms with van der Waals surface area (Å²) in [6, 6.07) is 5.59. The Morgan fingerprint density at radius 1 is 1.32 bits per heavy atom. The van der Waals surface area contributed by atoms with Gasteiger partial charge in [-0.05, 0) is 33.0 Å². The molecule has 19 heavy (non-hydrogen) atoms. The van der Waals surface area contributed by atoms with Crippen molar-refractivity contribution in [2.45, 2.75) is 25.9 Å². The molecule has 1 fully saturated rings. The number of nitro groups is 1. The summed E-state index contributed by atoms with van der Waals surface area (Å²) in [6.45, 7) is 5.82. The van der Waals surface area contributed by atoms with Crippen molar-refractivity contribution >= 4 is 23.0 Å².